The molecule has 4 rings (SSSR count). The van der Waals surface area contributed by atoms with Gasteiger partial charge in [0.25, 0.3) is 5.91 Å². The molecule has 1 saturated carbocycles. The minimum atomic E-state index is -4.64. The monoisotopic (exact) mass is 444 g/mol. The highest BCUT2D eigenvalue weighted by molar-refractivity contribution is 5.93. The van der Waals surface area contributed by atoms with Gasteiger partial charge in [-0.15, -0.1) is 0 Å². The second-order valence-electron chi connectivity index (χ2n) is 8.00. The van der Waals surface area contributed by atoms with Gasteiger partial charge in [0.05, 0.1) is 18.8 Å². The number of amides is 1. The number of nitrogens with zero attached hydrogens (tertiary/aromatic N) is 3. The minimum absolute atomic E-state index is 0.0647. The number of halogens is 4. The number of pyridine rings is 1. The number of hydrogen-bond donors (Lipinski definition) is 1. The third-order valence-electron chi connectivity index (χ3n) is 5.39. The molecule has 2 aliphatic rings. The Morgan fingerprint density at radius 1 is 1.35 bits per heavy atom. The fourth-order valence-electron chi connectivity index (χ4n) is 3.42. The Labute approximate surface area is 174 Å². The maximum Gasteiger partial charge on any atom is 0.422 e. The van der Waals surface area contributed by atoms with Crippen molar-refractivity contribution in [2.45, 2.75) is 44.1 Å². The average molecular weight is 444 g/mol. The van der Waals surface area contributed by atoms with Gasteiger partial charge in [-0.25, -0.2) is 4.39 Å². The number of aromatic nitrogens is 3. The maximum atomic E-state index is 14.8. The second kappa shape index (κ2) is 7.43. The zero-order valence-electron chi connectivity index (χ0n) is 16.8. The summed E-state index contributed by atoms with van der Waals surface area (Å²) < 4.78 is 67.5. The number of hydrogen-bond acceptors (Lipinski definition) is 7. The molecule has 1 aliphatic heterocycles. The van der Waals surface area contributed by atoms with Crippen molar-refractivity contribution in [3.8, 4) is 5.75 Å². The molecule has 168 valence electrons. The van der Waals surface area contributed by atoms with E-state index in [4.69, 9.17) is 14.0 Å². The molecule has 0 radical (unpaired) electrons. The van der Waals surface area contributed by atoms with Crippen LogP contribution in [-0.4, -0.2) is 47.0 Å². The van der Waals surface area contributed by atoms with Crippen LogP contribution < -0.4 is 10.1 Å². The summed E-state index contributed by atoms with van der Waals surface area (Å²) >= 11 is 0. The highest BCUT2D eigenvalue weighted by Gasteiger charge is 2.48. The maximum absolute atomic E-state index is 14.8. The molecular formula is C19H20F4N4O4. The van der Waals surface area contributed by atoms with E-state index >= 15 is 0 Å². The average Bonchev–Trinajstić information content (AvgIpc) is 3.45. The Balaban J connectivity index is 1.61. The highest BCUT2D eigenvalue weighted by Crippen LogP contribution is 2.45. The van der Waals surface area contributed by atoms with Gasteiger partial charge in [-0.2, -0.15) is 18.2 Å². The van der Waals surface area contributed by atoms with E-state index in [1.165, 1.54) is 0 Å². The van der Waals surface area contributed by atoms with Crippen molar-refractivity contribution < 1.29 is 36.4 Å². The molecule has 2 aromatic rings. The van der Waals surface area contributed by atoms with E-state index in [2.05, 4.69) is 20.4 Å². The van der Waals surface area contributed by atoms with Crippen LogP contribution in [0.3, 0.4) is 0 Å². The van der Waals surface area contributed by atoms with Crippen molar-refractivity contribution in [1.29, 1.82) is 0 Å². The molecule has 12 heteroatoms. The Bertz CT molecular complexity index is 988. The summed E-state index contributed by atoms with van der Waals surface area (Å²) in [6.07, 6.45) is -1.96. The molecule has 2 fully saturated rings. The largest absolute Gasteiger partial charge is 0.484 e. The summed E-state index contributed by atoms with van der Waals surface area (Å²) in [4.78, 5) is 21.1. The normalized spacial score (nSPS) is 19.9. The first-order valence-electron chi connectivity index (χ1n) is 9.60. The molecule has 1 amide bonds. The van der Waals surface area contributed by atoms with E-state index in [0.29, 0.717) is 11.7 Å². The topological polar surface area (TPSA) is 99.4 Å². The van der Waals surface area contributed by atoms with Crippen LogP contribution >= 0.6 is 0 Å². The van der Waals surface area contributed by atoms with Crippen LogP contribution in [0.5, 0.6) is 5.75 Å². The van der Waals surface area contributed by atoms with Gasteiger partial charge in [0.15, 0.2) is 18.1 Å². The summed E-state index contributed by atoms with van der Waals surface area (Å²) in [5.74, 6) is -0.405. The minimum Gasteiger partial charge on any atom is -0.484 e. The molecule has 8 nitrogen and oxygen atoms in total. The molecule has 1 atom stereocenters. The van der Waals surface area contributed by atoms with Crippen LogP contribution in [-0.2, 0) is 15.9 Å². The molecule has 1 N–H and O–H groups in total. The summed E-state index contributed by atoms with van der Waals surface area (Å²) in [7, 11) is 0. The molecular weight excluding hydrogens is 424 g/mol. The molecule has 1 saturated heterocycles. The third kappa shape index (κ3) is 4.34. The first kappa shape index (κ1) is 21.5. The lowest BCUT2D eigenvalue weighted by atomic mass is 9.93. The van der Waals surface area contributed by atoms with Gasteiger partial charge >= 0.3 is 6.18 Å². The van der Waals surface area contributed by atoms with E-state index in [9.17, 15) is 22.4 Å². The van der Waals surface area contributed by atoms with Crippen molar-refractivity contribution in [3.63, 3.8) is 0 Å². The Morgan fingerprint density at radius 2 is 2.06 bits per heavy atom. The van der Waals surface area contributed by atoms with Crippen molar-refractivity contribution >= 4 is 5.91 Å². The molecule has 0 aromatic carbocycles. The SMILES string of the molecule is Cc1nc([C@](C)(NC(=O)c2cc(OCC(F)(F)F)c(C3(F)COC3)cn2)C2CC2)no1. The third-order valence-corrected chi connectivity index (χ3v) is 5.39. The Kier molecular flexibility index (Phi) is 5.15. The van der Waals surface area contributed by atoms with Gasteiger partial charge < -0.3 is 19.3 Å². The standard InChI is InChI=1S/C19H20F4N4O4/c1-10-25-16(27-31-10)17(2,11-3-4-11)26-15(28)13-5-14(30-9-19(21,22)23)12(6-24-13)18(20)7-29-8-18/h5-6,11H,3-4,7-9H2,1-2H3,(H,26,28)/t17-/m1/s1. The zero-order valence-corrected chi connectivity index (χ0v) is 16.8. The van der Waals surface area contributed by atoms with Gasteiger partial charge in [-0.05, 0) is 25.7 Å². The van der Waals surface area contributed by atoms with E-state index < -0.39 is 35.6 Å². The van der Waals surface area contributed by atoms with Gasteiger partial charge in [-0.1, -0.05) is 5.16 Å². The summed E-state index contributed by atoms with van der Waals surface area (Å²) in [6, 6.07) is 1.00. The fourth-order valence-corrected chi connectivity index (χ4v) is 3.42. The Hall–Kier alpha value is -2.76. The van der Waals surface area contributed by atoms with E-state index in [1.807, 2.05) is 0 Å². The molecule has 0 bridgehead atoms. The van der Waals surface area contributed by atoms with Crippen LogP contribution in [0.1, 0.15) is 47.5 Å². The van der Waals surface area contributed by atoms with Gasteiger partial charge in [0.1, 0.15) is 17.0 Å². The first-order valence-corrected chi connectivity index (χ1v) is 9.60. The smallest absolute Gasteiger partial charge is 0.422 e. The highest BCUT2D eigenvalue weighted by atomic mass is 19.4. The lowest BCUT2D eigenvalue weighted by Crippen LogP contribution is -2.46. The second-order valence-corrected chi connectivity index (χ2v) is 8.00. The first-order chi connectivity index (χ1) is 14.5. The van der Waals surface area contributed by atoms with Crippen LogP contribution in [0.15, 0.2) is 16.8 Å². The van der Waals surface area contributed by atoms with Crippen molar-refractivity contribution in [2.24, 2.45) is 5.92 Å². The number of rotatable bonds is 7. The molecule has 0 unspecified atom stereocenters. The molecule has 2 aromatic heterocycles. The predicted octanol–water partition coefficient (Wildman–Crippen LogP) is 2.96. The molecule has 3 heterocycles. The van der Waals surface area contributed by atoms with Crippen LogP contribution in [0.2, 0.25) is 0 Å². The number of aryl methyl sites for hydroxylation is 1. The van der Waals surface area contributed by atoms with Gasteiger partial charge in [-0.3, -0.25) is 9.78 Å². The molecule has 0 spiro atoms. The van der Waals surface area contributed by atoms with Crippen LogP contribution in [0.25, 0.3) is 0 Å². The summed E-state index contributed by atoms with van der Waals surface area (Å²) in [6.45, 7) is 1.06. The zero-order chi connectivity index (χ0) is 22.4. The van der Waals surface area contributed by atoms with E-state index in [-0.39, 0.29) is 30.4 Å². The quantitative estimate of drug-likeness (QED) is 0.656. The molecule has 31 heavy (non-hydrogen) atoms. The number of ether oxygens (including phenoxy) is 2. The van der Waals surface area contributed by atoms with E-state index in [0.717, 1.165) is 25.1 Å². The summed E-state index contributed by atoms with van der Waals surface area (Å²) in [5.41, 5.74) is -3.39. The van der Waals surface area contributed by atoms with E-state index in [1.54, 1.807) is 13.8 Å². The number of carbonyl (C=O) groups excluding carboxylic acids is 1. The number of carbonyl (C=O) groups is 1. The lowest BCUT2D eigenvalue weighted by molar-refractivity contribution is -0.156. The van der Waals surface area contributed by atoms with Crippen molar-refractivity contribution in [2.75, 3.05) is 19.8 Å². The van der Waals surface area contributed by atoms with Crippen molar-refractivity contribution in [3.05, 3.63) is 35.2 Å². The van der Waals surface area contributed by atoms with Crippen molar-refractivity contribution in [1.82, 2.24) is 20.4 Å². The number of nitrogens with one attached hydrogen (secondary N) is 1. The van der Waals surface area contributed by atoms with Crippen LogP contribution in [0.4, 0.5) is 17.6 Å². The summed E-state index contributed by atoms with van der Waals surface area (Å²) in [5, 5.41) is 6.70. The predicted molar refractivity (Wildman–Crippen MR) is 96.0 cm³/mol. The van der Waals surface area contributed by atoms with Crippen LogP contribution in [0, 0.1) is 12.8 Å². The van der Waals surface area contributed by atoms with Gasteiger partial charge in [0, 0.05) is 19.2 Å². The fraction of sp³-hybridized carbons (Fsp3) is 0.579. The number of alkyl halides is 4. The lowest BCUT2D eigenvalue weighted by Gasteiger charge is -2.35. The Morgan fingerprint density at radius 3 is 2.58 bits per heavy atom. The van der Waals surface area contributed by atoms with Gasteiger partial charge in [0.2, 0.25) is 5.89 Å². The molecule has 1 aliphatic carbocycles.